The number of carbonyl (C=O) groups is 2. The second-order valence-electron chi connectivity index (χ2n) is 4.26. The lowest BCUT2D eigenvalue weighted by Crippen LogP contribution is -2.43. The molecule has 1 aromatic carbocycles. The van der Waals surface area contributed by atoms with Crippen LogP contribution in [0.1, 0.15) is 24.8 Å². The molecule has 5 heteroatoms. The molecule has 0 fully saturated rings. The van der Waals surface area contributed by atoms with Crippen molar-refractivity contribution in [3.8, 4) is 0 Å². The number of rotatable bonds is 6. The van der Waals surface area contributed by atoms with E-state index in [1.165, 1.54) is 0 Å². The van der Waals surface area contributed by atoms with Crippen LogP contribution in [0.3, 0.4) is 0 Å². The Bertz CT molecular complexity index is 406. The van der Waals surface area contributed by atoms with Gasteiger partial charge in [0.2, 0.25) is 5.91 Å². The molecule has 98 valence electrons. The van der Waals surface area contributed by atoms with Crippen LogP contribution in [0, 0.1) is 0 Å². The predicted octanol–water partition coefficient (Wildman–Crippen LogP) is 0.708. The van der Waals surface area contributed by atoms with E-state index < -0.39 is 17.9 Å². The first-order valence-electron chi connectivity index (χ1n) is 5.80. The molecule has 0 radical (unpaired) electrons. The summed E-state index contributed by atoms with van der Waals surface area (Å²) in [5.74, 6) is -1.35. The summed E-state index contributed by atoms with van der Waals surface area (Å²) in [6.45, 7) is 2.43. The lowest BCUT2D eigenvalue weighted by Gasteiger charge is -2.15. The Hall–Kier alpha value is -1.88. The van der Waals surface area contributed by atoms with Crippen molar-refractivity contribution in [3.05, 3.63) is 35.9 Å². The molecular formula is C13H18N2O3. The Morgan fingerprint density at radius 3 is 2.50 bits per heavy atom. The maximum absolute atomic E-state index is 11.5. The van der Waals surface area contributed by atoms with Crippen LogP contribution in [-0.4, -0.2) is 29.6 Å². The van der Waals surface area contributed by atoms with Gasteiger partial charge < -0.3 is 16.2 Å². The molecule has 18 heavy (non-hydrogen) atoms. The summed E-state index contributed by atoms with van der Waals surface area (Å²) in [4.78, 5) is 21.9. The molecule has 1 aromatic rings. The van der Waals surface area contributed by atoms with Gasteiger partial charge in [0.25, 0.3) is 0 Å². The summed E-state index contributed by atoms with van der Waals surface area (Å²) in [6.07, 6.45) is -0.356. The number of benzene rings is 1. The molecular weight excluding hydrogens is 232 g/mol. The fraction of sp³-hybridized carbons (Fsp3) is 0.385. The van der Waals surface area contributed by atoms with Crippen molar-refractivity contribution in [1.29, 1.82) is 0 Å². The Balaban J connectivity index is 2.41. The van der Waals surface area contributed by atoms with Crippen LogP contribution in [0.15, 0.2) is 30.3 Å². The Morgan fingerprint density at radius 2 is 1.94 bits per heavy atom. The van der Waals surface area contributed by atoms with Gasteiger partial charge in [0.1, 0.15) is 0 Å². The van der Waals surface area contributed by atoms with Crippen LogP contribution in [0.25, 0.3) is 0 Å². The summed E-state index contributed by atoms with van der Waals surface area (Å²) >= 11 is 0. The number of hydrogen-bond acceptors (Lipinski definition) is 3. The fourth-order valence-electron chi connectivity index (χ4n) is 1.57. The summed E-state index contributed by atoms with van der Waals surface area (Å²) in [5.41, 5.74) is 6.57. The molecule has 0 saturated heterocycles. The molecule has 0 unspecified atom stereocenters. The molecule has 0 saturated carbocycles. The molecule has 0 aliphatic heterocycles. The van der Waals surface area contributed by atoms with E-state index in [4.69, 9.17) is 10.8 Å². The summed E-state index contributed by atoms with van der Waals surface area (Å²) in [7, 11) is 0. The Morgan fingerprint density at radius 1 is 1.33 bits per heavy atom. The quantitative estimate of drug-likeness (QED) is 0.693. The average Bonchev–Trinajstić information content (AvgIpc) is 2.35. The van der Waals surface area contributed by atoms with Crippen molar-refractivity contribution in [1.82, 2.24) is 5.32 Å². The zero-order valence-corrected chi connectivity index (χ0v) is 10.3. The van der Waals surface area contributed by atoms with Crippen LogP contribution in [0.4, 0.5) is 0 Å². The number of nitrogens with one attached hydrogen (secondary N) is 1. The van der Waals surface area contributed by atoms with Crippen molar-refractivity contribution < 1.29 is 14.7 Å². The predicted molar refractivity (Wildman–Crippen MR) is 68.1 cm³/mol. The smallest absolute Gasteiger partial charge is 0.305 e. The lowest BCUT2D eigenvalue weighted by atomic mass is 10.0. The molecule has 1 amide bonds. The van der Waals surface area contributed by atoms with Crippen LogP contribution >= 0.6 is 0 Å². The molecule has 2 atom stereocenters. The maximum atomic E-state index is 11.5. The Kier molecular flexibility index (Phi) is 5.32. The zero-order valence-electron chi connectivity index (χ0n) is 10.3. The number of carbonyl (C=O) groups excluding carboxylic acids is 1. The summed E-state index contributed by atoms with van der Waals surface area (Å²) in [6, 6.07) is 8.76. The summed E-state index contributed by atoms with van der Waals surface area (Å²) in [5, 5.41) is 11.2. The number of aliphatic carboxylic acids is 1. The molecule has 0 heterocycles. The third-order valence-corrected chi connectivity index (χ3v) is 2.68. The molecule has 0 aliphatic rings. The van der Waals surface area contributed by atoms with Crippen molar-refractivity contribution >= 4 is 11.9 Å². The van der Waals surface area contributed by atoms with Crippen molar-refractivity contribution in [2.24, 2.45) is 5.73 Å². The monoisotopic (exact) mass is 250 g/mol. The minimum absolute atomic E-state index is 0.159. The van der Waals surface area contributed by atoms with E-state index in [1.54, 1.807) is 0 Å². The van der Waals surface area contributed by atoms with Crippen molar-refractivity contribution in [2.75, 3.05) is 6.54 Å². The van der Waals surface area contributed by atoms with Gasteiger partial charge in [-0.15, -0.1) is 0 Å². The first kappa shape index (κ1) is 14.2. The van der Waals surface area contributed by atoms with Gasteiger partial charge in [-0.3, -0.25) is 9.59 Å². The molecule has 0 aromatic heterocycles. The highest BCUT2D eigenvalue weighted by atomic mass is 16.4. The normalized spacial score (nSPS) is 13.7. The third-order valence-electron chi connectivity index (χ3n) is 2.68. The van der Waals surface area contributed by atoms with Gasteiger partial charge in [-0.2, -0.15) is 0 Å². The standard InChI is InChI=1S/C13H18N2O3/c1-9(10-5-3-2-4-6-10)8-15-13(18)11(14)7-12(16)17/h2-6,9,11H,7-8,14H2,1H3,(H,15,18)(H,16,17)/t9-,11-/m0/s1. The highest BCUT2D eigenvalue weighted by Crippen LogP contribution is 2.12. The van der Waals surface area contributed by atoms with E-state index >= 15 is 0 Å². The molecule has 0 bridgehead atoms. The van der Waals surface area contributed by atoms with E-state index in [-0.39, 0.29) is 12.3 Å². The minimum atomic E-state index is -1.08. The van der Waals surface area contributed by atoms with Gasteiger partial charge in [-0.1, -0.05) is 37.3 Å². The second-order valence-corrected chi connectivity index (χ2v) is 4.26. The highest BCUT2D eigenvalue weighted by molar-refractivity contribution is 5.85. The number of amides is 1. The first-order valence-corrected chi connectivity index (χ1v) is 5.80. The molecule has 5 nitrogen and oxygen atoms in total. The van der Waals surface area contributed by atoms with Gasteiger partial charge in [0.15, 0.2) is 0 Å². The Labute approximate surface area is 106 Å². The van der Waals surface area contributed by atoms with Crippen molar-refractivity contribution in [3.63, 3.8) is 0 Å². The zero-order chi connectivity index (χ0) is 13.5. The number of carboxylic acid groups (broad SMARTS) is 1. The van der Waals surface area contributed by atoms with E-state index in [0.717, 1.165) is 5.56 Å². The maximum Gasteiger partial charge on any atom is 0.305 e. The van der Waals surface area contributed by atoms with Crippen molar-refractivity contribution in [2.45, 2.75) is 25.3 Å². The molecule has 1 rings (SSSR count). The number of hydrogen-bond donors (Lipinski definition) is 3. The van der Waals surface area contributed by atoms with Gasteiger partial charge in [0, 0.05) is 6.54 Å². The van der Waals surface area contributed by atoms with Crippen LogP contribution in [-0.2, 0) is 9.59 Å². The summed E-state index contributed by atoms with van der Waals surface area (Å²) < 4.78 is 0. The SMILES string of the molecule is C[C@@H](CNC(=O)[C@@H](N)CC(=O)O)c1ccccc1. The van der Waals surface area contributed by atoms with Gasteiger partial charge in [0.05, 0.1) is 12.5 Å². The average molecular weight is 250 g/mol. The minimum Gasteiger partial charge on any atom is -0.481 e. The van der Waals surface area contributed by atoms with E-state index in [1.807, 2.05) is 37.3 Å². The molecule has 0 aliphatic carbocycles. The molecule has 4 N–H and O–H groups in total. The lowest BCUT2D eigenvalue weighted by molar-refractivity contribution is -0.139. The first-order chi connectivity index (χ1) is 8.50. The van der Waals surface area contributed by atoms with Gasteiger partial charge >= 0.3 is 5.97 Å². The topological polar surface area (TPSA) is 92.4 Å². The van der Waals surface area contributed by atoms with E-state index in [2.05, 4.69) is 5.32 Å². The van der Waals surface area contributed by atoms with E-state index in [0.29, 0.717) is 6.54 Å². The van der Waals surface area contributed by atoms with Gasteiger partial charge in [-0.25, -0.2) is 0 Å². The number of nitrogens with two attached hydrogens (primary N) is 1. The fourth-order valence-corrected chi connectivity index (χ4v) is 1.57. The van der Waals surface area contributed by atoms with Crippen LogP contribution in [0.2, 0.25) is 0 Å². The van der Waals surface area contributed by atoms with Crippen LogP contribution < -0.4 is 11.1 Å². The third kappa shape index (κ3) is 4.55. The molecule has 0 spiro atoms. The van der Waals surface area contributed by atoms with E-state index in [9.17, 15) is 9.59 Å². The van der Waals surface area contributed by atoms with Crippen LogP contribution in [0.5, 0.6) is 0 Å². The van der Waals surface area contributed by atoms with Gasteiger partial charge in [-0.05, 0) is 11.5 Å². The highest BCUT2D eigenvalue weighted by Gasteiger charge is 2.17. The second kappa shape index (κ2) is 6.76. The number of carboxylic acids is 1. The largest absolute Gasteiger partial charge is 0.481 e.